The molecule has 15 heteroatoms. The van der Waals surface area contributed by atoms with Crippen molar-refractivity contribution in [3.8, 4) is 11.4 Å². The highest BCUT2D eigenvalue weighted by molar-refractivity contribution is 8.45. The van der Waals surface area contributed by atoms with Gasteiger partial charge in [0, 0.05) is 28.7 Å². The van der Waals surface area contributed by atoms with Gasteiger partial charge in [-0.15, -0.1) is 0 Å². The number of piperidine rings is 1. The average molecular weight is 633 g/mol. The topological polar surface area (TPSA) is 81.3 Å². The SMILES string of the molecule is COc1cc(/C=C2\CC3(COC3)CN3C2=NOC3(CO)c2cc(Cl)cc(S(F)(F)(F)(F)F)c2)ccc1-n1cnc(C)c1. The molecule has 1 N–H and O–H groups in total. The number of ether oxygens (including phenoxy) is 2. The number of aliphatic hydroxyl groups is 1. The van der Waals surface area contributed by atoms with Crippen molar-refractivity contribution in [2.45, 2.75) is 24.0 Å². The number of halogens is 6. The van der Waals surface area contributed by atoms with E-state index in [4.69, 9.17) is 25.9 Å². The van der Waals surface area contributed by atoms with Gasteiger partial charge < -0.3 is 28.9 Å². The van der Waals surface area contributed by atoms with E-state index in [-0.39, 0.29) is 24.5 Å². The second-order valence-corrected chi connectivity index (χ2v) is 13.7. The number of rotatable bonds is 6. The summed E-state index contributed by atoms with van der Waals surface area (Å²) >= 11 is 5.91. The van der Waals surface area contributed by atoms with Crippen molar-refractivity contribution in [3.05, 3.63) is 76.3 Å². The van der Waals surface area contributed by atoms with Crippen molar-refractivity contribution < 1.29 is 38.8 Å². The Kier molecular flexibility index (Phi) is 6.06. The molecule has 2 saturated heterocycles. The second-order valence-electron chi connectivity index (χ2n) is 10.9. The van der Waals surface area contributed by atoms with Gasteiger partial charge in [-0.1, -0.05) is 42.3 Å². The van der Waals surface area contributed by atoms with Crippen molar-refractivity contribution in [1.82, 2.24) is 14.5 Å². The molecule has 1 atom stereocenters. The van der Waals surface area contributed by atoms with Gasteiger partial charge in [0.25, 0.3) is 5.72 Å². The lowest BCUT2D eigenvalue weighted by molar-refractivity contribution is -0.178. The fourth-order valence-electron chi connectivity index (χ4n) is 5.57. The van der Waals surface area contributed by atoms with E-state index in [9.17, 15) is 24.5 Å². The molecular weight excluding hydrogens is 607 g/mol. The first kappa shape index (κ1) is 28.8. The molecule has 2 aromatic carbocycles. The summed E-state index contributed by atoms with van der Waals surface area (Å²) in [5, 5.41) is 14.1. The van der Waals surface area contributed by atoms with Crippen molar-refractivity contribution >= 4 is 33.7 Å². The zero-order chi connectivity index (χ0) is 30.2. The van der Waals surface area contributed by atoms with Crippen LogP contribution in [0, 0.1) is 12.3 Å². The quantitative estimate of drug-likeness (QED) is 0.301. The minimum atomic E-state index is -10.1. The second kappa shape index (κ2) is 8.85. The Bertz CT molecular complexity index is 1660. The molecule has 8 nitrogen and oxygen atoms in total. The summed E-state index contributed by atoms with van der Waals surface area (Å²) < 4.78 is 81.9. The zero-order valence-corrected chi connectivity index (χ0v) is 23.9. The van der Waals surface area contributed by atoms with Crippen LogP contribution in [-0.4, -0.2) is 58.9 Å². The molecule has 3 aliphatic rings. The normalized spacial score (nSPS) is 24.0. The molecule has 0 amide bonds. The highest BCUT2D eigenvalue weighted by atomic mass is 35.5. The van der Waals surface area contributed by atoms with Gasteiger partial charge in [-0.3, -0.25) is 0 Å². The van der Waals surface area contributed by atoms with E-state index in [1.807, 2.05) is 42.0 Å². The number of aromatic nitrogens is 2. The maximum atomic E-state index is 13.8. The highest BCUT2D eigenvalue weighted by Crippen LogP contribution is 3.02. The minimum absolute atomic E-state index is 0.166. The number of fused-ring (bicyclic) bond motifs is 1. The van der Waals surface area contributed by atoms with E-state index in [1.54, 1.807) is 13.4 Å². The predicted molar refractivity (Wildman–Crippen MR) is 148 cm³/mol. The Morgan fingerprint density at radius 2 is 1.90 bits per heavy atom. The summed E-state index contributed by atoms with van der Waals surface area (Å²) in [6.07, 6.45) is 5.85. The van der Waals surface area contributed by atoms with E-state index >= 15 is 0 Å². The fraction of sp³-hybridized carbons (Fsp3) is 0.333. The molecule has 3 aliphatic heterocycles. The Morgan fingerprint density at radius 3 is 2.50 bits per heavy atom. The number of methoxy groups -OCH3 is 1. The van der Waals surface area contributed by atoms with Crippen molar-refractivity contribution in [2.75, 3.05) is 33.5 Å². The number of aliphatic hydroxyl groups excluding tert-OH is 1. The number of benzene rings is 2. The summed E-state index contributed by atoms with van der Waals surface area (Å²) in [5.41, 5.74) is 0.0731. The van der Waals surface area contributed by atoms with E-state index in [1.165, 1.54) is 4.90 Å². The van der Waals surface area contributed by atoms with Crippen LogP contribution in [-0.2, 0) is 15.3 Å². The first-order chi connectivity index (χ1) is 19.5. The molecule has 42 heavy (non-hydrogen) atoms. The Balaban J connectivity index is 1.42. The molecule has 1 aromatic heterocycles. The highest BCUT2D eigenvalue weighted by Gasteiger charge is 2.66. The molecule has 1 spiro atoms. The number of aryl methyl sites for hydroxylation is 1. The lowest BCUT2D eigenvalue weighted by atomic mass is 9.74. The molecule has 0 radical (unpaired) electrons. The number of nitrogens with zero attached hydrogens (tertiary/aromatic N) is 4. The van der Waals surface area contributed by atoms with Crippen LogP contribution >= 0.6 is 21.8 Å². The largest absolute Gasteiger partial charge is 0.495 e. The van der Waals surface area contributed by atoms with Crippen LogP contribution in [0.3, 0.4) is 0 Å². The zero-order valence-electron chi connectivity index (χ0n) is 22.4. The van der Waals surface area contributed by atoms with Gasteiger partial charge in [0.05, 0.1) is 38.0 Å². The maximum Gasteiger partial charge on any atom is 0.310 e. The molecule has 0 aliphatic carbocycles. The summed E-state index contributed by atoms with van der Waals surface area (Å²) in [4.78, 5) is 9.23. The van der Waals surface area contributed by atoms with Crippen LogP contribution in [0.4, 0.5) is 19.4 Å². The van der Waals surface area contributed by atoms with Crippen molar-refractivity contribution in [2.24, 2.45) is 10.6 Å². The Morgan fingerprint density at radius 1 is 1.14 bits per heavy atom. The van der Waals surface area contributed by atoms with Gasteiger partial charge in [-0.05, 0) is 60.9 Å². The van der Waals surface area contributed by atoms with E-state index in [0.29, 0.717) is 31.0 Å². The number of hydrogen-bond donors (Lipinski definition) is 1. The monoisotopic (exact) mass is 632 g/mol. The van der Waals surface area contributed by atoms with E-state index in [2.05, 4.69) is 10.1 Å². The van der Waals surface area contributed by atoms with Gasteiger partial charge in [-0.25, -0.2) is 4.98 Å². The number of imidazole rings is 1. The average Bonchev–Trinajstić information content (AvgIpc) is 3.50. The molecule has 6 rings (SSSR count). The lowest BCUT2D eigenvalue weighted by Crippen LogP contribution is -2.61. The van der Waals surface area contributed by atoms with Gasteiger partial charge >= 0.3 is 10.2 Å². The molecule has 4 heterocycles. The standard InChI is InChI=1S/C27H26ClF5N4O4S/c1-17-11-36(16-34-17)23-4-3-18(6-24(23)39-2)5-19-10-26(14-40-15-26)12-37-25(19)35-41-27(37,13-38)20-7-21(28)9-22(8-20)42(29,30,31,32)33/h3-9,11,16,38H,10,12-15H2,1-2H3/b19-5+. The number of hydrogen-bond acceptors (Lipinski definition) is 7. The van der Waals surface area contributed by atoms with Crippen LogP contribution in [0.15, 0.2) is 64.5 Å². The van der Waals surface area contributed by atoms with Crippen molar-refractivity contribution in [3.63, 3.8) is 0 Å². The minimum Gasteiger partial charge on any atom is -0.495 e. The molecule has 0 saturated carbocycles. The first-order valence-corrected chi connectivity index (χ1v) is 15.1. The number of amidine groups is 1. The Labute approximate surface area is 242 Å². The van der Waals surface area contributed by atoms with Crippen molar-refractivity contribution in [1.29, 1.82) is 0 Å². The smallest absolute Gasteiger partial charge is 0.310 e. The first-order valence-electron chi connectivity index (χ1n) is 12.7. The fourth-order valence-corrected chi connectivity index (χ4v) is 6.57. The molecule has 226 valence electrons. The Hall–Kier alpha value is -3.33. The van der Waals surface area contributed by atoms with Gasteiger partial charge in [0.15, 0.2) is 5.84 Å². The number of oxime groups is 1. The molecule has 3 aromatic rings. The molecular formula is C27H26ClF5N4O4S. The van der Waals surface area contributed by atoms with Crippen LogP contribution in [0.25, 0.3) is 11.8 Å². The third kappa shape index (κ3) is 4.89. The van der Waals surface area contributed by atoms with Crippen LogP contribution in [0.2, 0.25) is 5.02 Å². The molecule has 1 unspecified atom stereocenters. The van der Waals surface area contributed by atoms with Gasteiger partial charge in [0.2, 0.25) is 0 Å². The summed E-state index contributed by atoms with van der Waals surface area (Å²) in [6, 6.07) is 7.02. The van der Waals surface area contributed by atoms with E-state index in [0.717, 1.165) is 23.0 Å². The summed E-state index contributed by atoms with van der Waals surface area (Å²) in [7, 11) is -8.58. The predicted octanol–water partition coefficient (Wildman–Crippen LogP) is 6.79. The van der Waals surface area contributed by atoms with Gasteiger partial charge in [-0.2, -0.15) is 0 Å². The molecule has 0 bridgehead atoms. The summed E-state index contributed by atoms with van der Waals surface area (Å²) in [6.45, 7) is 1.84. The van der Waals surface area contributed by atoms with Crippen LogP contribution in [0.1, 0.15) is 23.2 Å². The van der Waals surface area contributed by atoms with Gasteiger partial charge in [0.1, 0.15) is 17.3 Å². The summed E-state index contributed by atoms with van der Waals surface area (Å²) in [5.74, 6) is 0.816. The van der Waals surface area contributed by atoms with Crippen LogP contribution < -0.4 is 4.74 Å². The third-order valence-corrected chi connectivity index (χ3v) is 9.00. The lowest BCUT2D eigenvalue weighted by Gasteiger charge is -2.51. The van der Waals surface area contributed by atoms with E-state index < -0.39 is 43.5 Å². The third-order valence-electron chi connectivity index (χ3n) is 7.65. The van der Waals surface area contributed by atoms with Crippen LogP contribution in [0.5, 0.6) is 5.75 Å². The molecule has 2 fully saturated rings. The maximum absolute atomic E-state index is 13.8.